The highest BCUT2D eigenvalue weighted by atomic mass is 28.3. The van der Waals surface area contributed by atoms with Crippen LogP contribution in [0.15, 0.2) is 158 Å². The minimum Gasteiger partial charge on any atom is -0.309 e. The van der Waals surface area contributed by atoms with Gasteiger partial charge in [-0.2, -0.15) is 0 Å². The fraction of sp³-hybridized carbons (Fsp3) is 0.0800. The van der Waals surface area contributed by atoms with Gasteiger partial charge in [-0.3, -0.25) is 0 Å². The fourth-order valence-corrected chi connectivity index (χ4v) is 19.2. The summed E-state index contributed by atoms with van der Waals surface area (Å²) in [5.74, 6) is 0. The first-order valence-electron chi connectivity index (χ1n) is 19.2. The number of para-hydroxylation sites is 4. The molecule has 0 aliphatic carbocycles. The lowest BCUT2D eigenvalue weighted by Gasteiger charge is -2.29. The van der Waals surface area contributed by atoms with Crippen molar-refractivity contribution in [1.29, 1.82) is 0 Å². The van der Waals surface area contributed by atoms with Gasteiger partial charge in [-0.25, -0.2) is 0 Å². The molecule has 4 heteroatoms. The lowest BCUT2D eigenvalue weighted by molar-refractivity contribution is 1.18. The number of hydrogen-bond donors (Lipinski definition) is 0. The number of nitrogens with zero attached hydrogens (tertiary/aromatic N) is 2. The zero-order chi connectivity index (χ0) is 36.1. The van der Waals surface area contributed by atoms with E-state index in [1.54, 1.807) is 20.7 Å². The molecule has 0 saturated heterocycles. The van der Waals surface area contributed by atoms with Crippen LogP contribution in [-0.4, -0.2) is 25.3 Å². The van der Waals surface area contributed by atoms with Crippen LogP contribution in [0.25, 0.3) is 88.0 Å². The quantitative estimate of drug-likeness (QED) is 0.157. The Bertz CT molecular complexity index is 2960. The molecule has 0 saturated carbocycles. The van der Waals surface area contributed by atoms with Gasteiger partial charge in [0.25, 0.3) is 0 Å². The molecule has 2 nitrogen and oxygen atoms in total. The van der Waals surface area contributed by atoms with E-state index in [-0.39, 0.29) is 0 Å². The first-order valence-corrected chi connectivity index (χ1v) is 25.2. The smallest absolute Gasteiger partial charge is 0.113 e. The summed E-state index contributed by atoms with van der Waals surface area (Å²) in [5.41, 5.74) is 13.5. The molecule has 12 rings (SSSR count). The molecule has 0 N–H and O–H groups in total. The normalized spacial score (nSPS) is 15.0. The first-order chi connectivity index (χ1) is 26.3. The van der Waals surface area contributed by atoms with Gasteiger partial charge in [0.05, 0.1) is 22.1 Å². The van der Waals surface area contributed by atoms with E-state index in [1.807, 2.05) is 0 Å². The maximum atomic E-state index is 2.62. The number of fused-ring (bicyclic) bond motifs is 16. The highest BCUT2D eigenvalue weighted by Gasteiger charge is 2.49. The van der Waals surface area contributed by atoms with E-state index in [4.69, 9.17) is 0 Å². The third kappa shape index (κ3) is 3.70. The van der Waals surface area contributed by atoms with E-state index >= 15 is 0 Å². The van der Waals surface area contributed by atoms with Gasteiger partial charge in [0, 0.05) is 32.9 Å². The zero-order valence-electron chi connectivity index (χ0n) is 30.9. The van der Waals surface area contributed by atoms with E-state index in [9.17, 15) is 0 Å². The van der Waals surface area contributed by atoms with Crippen LogP contribution in [0.3, 0.4) is 0 Å². The molecule has 0 spiro atoms. The molecule has 0 bridgehead atoms. The van der Waals surface area contributed by atoms with E-state index < -0.39 is 16.1 Å². The van der Waals surface area contributed by atoms with Crippen molar-refractivity contribution < 1.29 is 0 Å². The Balaban J connectivity index is 1.10. The van der Waals surface area contributed by atoms with E-state index in [0.717, 1.165) is 0 Å². The Kier molecular flexibility index (Phi) is 5.86. The molecular formula is C50H38N2Si2. The van der Waals surface area contributed by atoms with Gasteiger partial charge < -0.3 is 9.13 Å². The van der Waals surface area contributed by atoms with E-state index in [2.05, 4.69) is 193 Å². The van der Waals surface area contributed by atoms with Gasteiger partial charge in [-0.05, 0) is 102 Å². The summed E-state index contributed by atoms with van der Waals surface area (Å²) in [6, 6.07) is 59.6. The molecule has 0 radical (unpaired) electrons. The molecule has 2 aliphatic heterocycles. The topological polar surface area (TPSA) is 9.86 Å². The van der Waals surface area contributed by atoms with Gasteiger partial charge >= 0.3 is 0 Å². The van der Waals surface area contributed by atoms with Crippen molar-refractivity contribution in [1.82, 2.24) is 9.13 Å². The summed E-state index contributed by atoms with van der Waals surface area (Å²) in [6.07, 6.45) is 0. The second-order valence-electron chi connectivity index (χ2n) is 16.5. The van der Waals surface area contributed by atoms with E-state index in [0.29, 0.717) is 0 Å². The molecular weight excluding hydrogens is 685 g/mol. The van der Waals surface area contributed by atoms with Gasteiger partial charge in [-0.1, -0.05) is 135 Å². The highest BCUT2D eigenvalue weighted by Crippen LogP contribution is 2.43. The van der Waals surface area contributed by atoms with Crippen LogP contribution in [0.5, 0.6) is 0 Å². The molecule has 0 amide bonds. The second kappa shape index (κ2) is 10.4. The zero-order valence-corrected chi connectivity index (χ0v) is 32.9. The Labute approximate surface area is 316 Å². The van der Waals surface area contributed by atoms with Crippen molar-refractivity contribution in [3.63, 3.8) is 0 Å². The Hall–Kier alpha value is -5.95. The molecule has 54 heavy (non-hydrogen) atoms. The van der Waals surface area contributed by atoms with Crippen molar-refractivity contribution >= 4 is 91.3 Å². The summed E-state index contributed by atoms with van der Waals surface area (Å²) < 4.78 is 4.98. The molecule has 2 aliphatic rings. The predicted molar refractivity (Wildman–Crippen MR) is 237 cm³/mol. The third-order valence-corrected chi connectivity index (χ3v) is 20.3. The molecule has 256 valence electrons. The first kappa shape index (κ1) is 30.5. The Morgan fingerprint density at radius 2 is 0.630 bits per heavy atom. The summed E-state index contributed by atoms with van der Waals surface area (Å²) in [5, 5.41) is 14.5. The lowest BCUT2D eigenvalue weighted by atomic mass is 9.92. The van der Waals surface area contributed by atoms with Gasteiger partial charge in [0.2, 0.25) is 0 Å². The van der Waals surface area contributed by atoms with Crippen molar-refractivity contribution in [3.8, 4) is 33.6 Å². The van der Waals surface area contributed by atoms with Crippen LogP contribution < -0.4 is 20.7 Å². The van der Waals surface area contributed by atoms with Crippen molar-refractivity contribution in [3.05, 3.63) is 158 Å². The monoisotopic (exact) mass is 722 g/mol. The molecule has 4 heterocycles. The number of hydrogen-bond acceptors (Lipinski definition) is 0. The SMILES string of the molecule is C[Si]1(C)c2cc(-n3c4ccccc4c4ccccc43)ccc2-c2c1c1c(c3ccccc23)-c2ccc(-n3c4ccccc4c4ccccc43)cc2[Si]1(C)C. The minimum atomic E-state index is -2.19. The number of aromatic nitrogens is 2. The Morgan fingerprint density at radius 3 is 0.963 bits per heavy atom. The molecule has 10 aromatic rings. The van der Waals surface area contributed by atoms with E-state index in [1.165, 1.54) is 88.0 Å². The van der Waals surface area contributed by atoms with Crippen molar-refractivity contribution in [2.24, 2.45) is 0 Å². The molecule has 0 atom stereocenters. The average molecular weight is 723 g/mol. The maximum absolute atomic E-state index is 2.62. The number of benzene rings is 8. The molecule has 8 aromatic carbocycles. The average Bonchev–Trinajstić information content (AvgIpc) is 3.86. The highest BCUT2D eigenvalue weighted by molar-refractivity contribution is 7.13. The molecule has 0 unspecified atom stereocenters. The number of rotatable bonds is 2. The van der Waals surface area contributed by atoms with Crippen LogP contribution in [0.4, 0.5) is 0 Å². The van der Waals surface area contributed by atoms with Crippen LogP contribution in [0.1, 0.15) is 0 Å². The summed E-state index contributed by atoms with van der Waals surface area (Å²) in [6.45, 7) is 10.5. The largest absolute Gasteiger partial charge is 0.309 e. The summed E-state index contributed by atoms with van der Waals surface area (Å²) >= 11 is 0. The summed E-state index contributed by atoms with van der Waals surface area (Å²) in [7, 11) is -4.37. The summed E-state index contributed by atoms with van der Waals surface area (Å²) in [4.78, 5) is 0. The molecule has 0 fully saturated rings. The van der Waals surface area contributed by atoms with Gasteiger partial charge in [-0.15, -0.1) is 0 Å². The van der Waals surface area contributed by atoms with Crippen molar-refractivity contribution in [2.75, 3.05) is 0 Å². The third-order valence-electron chi connectivity index (χ3n) is 13.0. The second-order valence-corrected chi connectivity index (χ2v) is 25.1. The van der Waals surface area contributed by atoms with Crippen molar-refractivity contribution in [2.45, 2.75) is 26.2 Å². The van der Waals surface area contributed by atoms with Gasteiger partial charge in [0.1, 0.15) is 16.1 Å². The maximum Gasteiger partial charge on any atom is 0.113 e. The van der Waals surface area contributed by atoms with Gasteiger partial charge in [0.15, 0.2) is 0 Å². The van der Waals surface area contributed by atoms with Crippen LogP contribution in [0.2, 0.25) is 26.2 Å². The molecule has 2 aromatic heterocycles. The lowest BCUT2D eigenvalue weighted by Crippen LogP contribution is -2.63. The van der Waals surface area contributed by atoms with Crippen LogP contribution >= 0.6 is 0 Å². The van der Waals surface area contributed by atoms with Crippen LogP contribution in [0, 0.1) is 0 Å². The fourth-order valence-electron chi connectivity index (χ4n) is 10.7. The van der Waals surface area contributed by atoms with Crippen LogP contribution in [-0.2, 0) is 0 Å². The Morgan fingerprint density at radius 1 is 0.333 bits per heavy atom. The minimum absolute atomic E-state index is 1.26. The predicted octanol–water partition coefficient (Wildman–Crippen LogP) is 10.6. The standard InChI is InChI=1S/C50H38N2Si2/c1-53(2)45-29-31(51-41-21-11-7-15-33(41)34-16-8-12-22-42(34)51)25-27-39(45)47-37-19-5-6-20-38(37)48-40-28-26-32(30-46(40)54(3,4)50(48)49(47)53)52-43-23-13-9-17-35(43)36-18-10-14-24-44(36)52/h5-30H,1-4H3.